The van der Waals surface area contributed by atoms with E-state index < -0.39 is 0 Å². The first-order valence-corrected chi connectivity index (χ1v) is 7.93. The van der Waals surface area contributed by atoms with Crippen LogP contribution >= 0.6 is 11.3 Å². The smallest absolute Gasteiger partial charge is 0.262 e. The predicted octanol–water partition coefficient (Wildman–Crippen LogP) is 0.0339. The highest BCUT2D eigenvalue weighted by molar-refractivity contribution is 7.12. The molecule has 114 valence electrons. The first-order chi connectivity index (χ1) is 10.1. The van der Waals surface area contributed by atoms with E-state index in [9.17, 15) is 4.79 Å². The Labute approximate surface area is 130 Å². The van der Waals surface area contributed by atoms with Crippen molar-refractivity contribution in [3.63, 3.8) is 0 Å². The zero-order valence-electron chi connectivity index (χ0n) is 12.6. The predicted molar refractivity (Wildman–Crippen MR) is 86.5 cm³/mol. The summed E-state index contributed by atoms with van der Waals surface area (Å²) in [5, 5.41) is 4.91. The third kappa shape index (κ3) is 4.29. The molecule has 1 fully saturated rings. The summed E-state index contributed by atoms with van der Waals surface area (Å²) >= 11 is 1.42. The Morgan fingerprint density at radius 1 is 1.52 bits per heavy atom. The molecule has 6 heteroatoms. The van der Waals surface area contributed by atoms with Crippen molar-refractivity contribution < 1.29 is 4.79 Å². The summed E-state index contributed by atoms with van der Waals surface area (Å²) in [6.45, 7) is 4.03. The highest BCUT2D eigenvalue weighted by Crippen LogP contribution is 2.15. The maximum Gasteiger partial charge on any atom is 0.262 e. The van der Waals surface area contributed by atoms with Gasteiger partial charge in [0.25, 0.3) is 5.91 Å². The topological polar surface area (TPSA) is 61.6 Å². The van der Waals surface area contributed by atoms with E-state index in [1.54, 1.807) is 0 Å². The van der Waals surface area contributed by atoms with Crippen LogP contribution in [-0.2, 0) is 0 Å². The number of nitrogens with two attached hydrogens (primary N) is 1. The number of hydrogen-bond donors (Lipinski definition) is 2. The summed E-state index contributed by atoms with van der Waals surface area (Å²) in [5.41, 5.74) is 6.14. The molecule has 0 aliphatic carbocycles. The lowest BCUT2D eigenvalue weighted by Gasteiger charge is -2.37. The van der Waals surface area contributed by atoms with Gasteiger partial charge in [-0.25, -0.2) is 0 Å². The molecule has 1 unspecified atom stereocenters. The quantitative estimate of drug-likeness (QED) is 0.774. The Morgan fingerprint density at radius 3 is 3.10 bits per heavy atom. The van der Waals surface area contributed by atoms with Crippen LogP contribution in [0.2, 0.25) is 0 Å². The number of nitrogens with one attached hydrogen (secondary N) is 1. The van der Waals surface area contributed by atoms with Crippen molar-refractivity contribution in [3.05, 3.63) is 21.9 Å². The molecular weight excluding hydrogens is 284 g/mol. The third-order valence-corrected chi connectivity index (χ3v) is 4.59. The highest BCUT2D eigenvalue weighted by atomic mass is 32.1. The second-order valence-corrected chi connectivity index (χ2v) is 6.19. The first-order valence-electron chi connectivity index (χ1n) is 7.05. The SMILES string of the molecule is CN1CCN(C)C(CNC(=O)c2sccc2C#CCN)C1. The van der Waals surface area contributed by atoms with Gasteiger partial charge in [-0.2, -0.15) is 0 Å². The van der Waals surface area contributed by atoms with Gasteiger partial charge >= 0.3 is 0 Å². The first kappa shape index (κ1) is 16.0. The van der Waals surface area contributed by atoms with Crippen molar-refractivity contribution in [1.82, 2.24) is 15.1 Å². The fraction of sp³-hybridized carbons (Fsp3) is 0.533. The van der Waals surface area contributed by atoms with E-state index in [1.165, 1.54) is 11.3 Å². The molecule has 0 aromatic carbocycles. The molecule has 0 radical (unpaired) electrons. The van der Waals surface area contributed by atoms with Gasteiger partial charge in [-0.1, -0.05) is 11.8 Å². The zero-order chi connectivity index (χ0) is 15.2. The lowest BCUT2D eigenvalue weighted by atomic mass is 10.2. The molecule has 3 N–H and O–H groups in total. The van der Waals surface area contributed by atoms with Gasteiger partial charge in [0.2, 0.25) is 0 Å². The normalized spacial score (nSPS) is 19.9. The molecule has 1 aliphatic heterocycles. The zero-order valence-corrected chi connectivity index (χ0v) is 13.4. The van der Waals surface area contributed by atoms with Crippen LogP contribution in [0, 0.1) is 11.8 Å². The molecule has 2 rings (SSSR count). The van der Waals surface area contributed by atoms with Crippen molar-refractivity contribution in [3.8, 4) is 11.8 Å². The number of rotatable bonds is 3. The molecule has 2 heterocycles. The molecule has 1 aromatic rings. The highest BCUT2D eigenvalue weighted by Gasteiger charge is 2.23. The van der Waals surface area contributed by atoms with Crippen LogP contribution < -0.4 is 11.1 Å². The summed E-state index contributed by atoms with van der Waals surface area (Å²) in [7, 11) is 4.22. The van der Waals surface area contributed by atoms with E-state index in [0.29, 0.717) is 24.0 Å². The molecule has 0 bridgehead atoms. The van der Waals surface area contributed by atoms with Gasteiger partial charge in [0.05, 0.1) is 6.54 Å². The Hall–Kier alpha value is -1.39. The Morgan fingerprint density at radius 2 is 2.33 bits per heavy atom. The van der Waals surface area contributed by atoms with Crippen molar-refractivity contribution in [1.29, 1.82) is 0 Å². The second-order valence-electron chi connectivity index (χ2n) is 5.28. The van der Waals surface area contributed by atoms with Crippen molar-refractivity contribution >= 4 is 17.2 Å². The number of piperazine rings is 1. The van der Waals surface area contributed by atoms with E-state index in [4.69, 9.17) is 5.73 Å². The van der Waals surface area contributed by atoms with E-state index in [2.05, 4.69) is 41.1 Å². The Kier molecular flexibility index (Phi) is 5.76. The summed E-state index contributed by atoms with van der Waals surface area (Å²) in [4.78, 5) is 17.5. The van der Waals surface area contributed by atoms with Crippen LogP contribution in [0.3, 0.4) is 0 Å². The number of nitrogens with zero attached hydrogens (tertiary/aromatic N) is 2. The molecule has 21 heavy (non-hydrogen) atoms. The minimum atomic E-state index is -0.0482. The molecule has 1 aliphatic rings. The average molecular weight is 306 g/mol. The molecule has 1 saturated heterocycles. The molecule has 1 amide bonds. The molecule has 5 nitrogen and oxygen atoms in total. The number of amides is 1. The lowest BCUT2D eigenvalue weighted by molar-refractivity contribution is 0.0884. The van der Waals surface area contributed by atoms with Gasteiger partial charge in [0.15, 0.2) is 0 Å². The number of likely N-dealkylation sites (N-methyl/N-ethyl adjacent to an activating group) is 2. The van der Waals surface area contributed by atoms with Gasteiger partial charge in [0, 0.05) is 37.8 Å². The average Bonchev–Trinajstić information content (AvgIpc) is 2.94. The van der Waals surface area contributed by atoms with E-state index >= 15 is 0 Å². The van der Waals surface area contributed by atoms with Crippen LogP contribution in [0.1, 0.15) is 15.2 Å². The molecular formula is C15H22N4OS. The second kappa shape index (κ2) is 7.57. The summed E-state index contributed by atoms with van der Waals surface area (Å²) in [6.07, 6.45) is 0. The Balaban J connectivity index is 1.94. The third-order valence-electron chi connectivity index (χ3n) is 3.68. The fourth-order valence-electron chi connectivity index (χ4n) is 2.34. The van der Waals surface area contributed by atoms with E-state index in [0.717, 1.165) is 25.2 Å². The summed E-state index contributed by atoms with van der Waals surface area (Å²) < 4.78 is 0. The molecule has 0 spiro atoms. The maximum absolute atomic E-state index is 12.3. The van der Waals surface area contributed by atoms with Gasteiger partial charge in [-0.05, 0) is 25.5 Å². The minimum absolute atomic E-state index is 0.0482. The number of carbonyl (C=O) groups excluding carboxylic acids is 1. The maximum atomic E-state index is 12.3. The van der Waals surface area contributed by atoms with Gasteiger partial charge in [0.1, 0.15) is 4.88 Å². The van der Waals surface area contributed by atoms with Crippen LogP contribution in [0.25, 0.3) is 0 Å². The van der Waals surface area contributed by atoms with Gasteiger partial charge < -0.3 is 16.0 Å². The van der Waals surface area contributed by atoms with Gasteiger partial charge in [-0.15, -0.1) is 11.3 Å². The van der Waals surface area contributed by atoms with Crippen LogP contribution in [0.5, 0.6) is 0 Å². The van der Waals surface area contributed by atoms with E-state index in [-0.39, 0.29) is 5.91 Å². The van der Waals surface area contributed by atoms with Crippen molar-refractivity contribution in [2.24, 2.45) is 5.73 Å². The van der Waals surface area contributed by atoms with Crippen LogP contribution in [0.4, 0.5) is 0 Å². The molecule has 0 saturated carbocycles. The molecule has 1 atom stereocenters. The summed E-state index contributed by atoms with van der Waals surface area (Å²) in [6, 6.07) is 2.22. The van der Waals surface area contributed by atoms with Crippen molar-refractivity contribution in [2.75, 3.05) is 46.8 Å². The van der Waals surface area contributed by atoms with Crippen LogP contribution in [-0.4, -0.2) is 68.6 Å². The van der Waals surface area contributed by atoms with Crippen molar-refractivity contribution in [2.45, 2.75) is 6.04 Å². The lowest BCUT2D eigenvalue weighted by Crippen LogP contribution is -2.54. The van der Waals surface area contributed by atoms with Crippen LogP contribution in [0.15, 0.2) is 11.4 Å². The minimum Gasteiger partial charge on any atom is -0.350 e. The molecule has 1 aromatic heterocycles. The van der Waals surface area contributed by atoms with E-state index in [1.807, 2.05) is 11.4 Å². The fourth-order valence-corrected chi connectivity index (χ4v) is 3.11. The Bertz CT molecular complexity index is 545. The number of hydrogen-bond acceptors (Lipinski definition) is 5. The largest absolute Gasteiger partial charge is 0.350 e. The number of carbonyl (C=O) groups is 1. The summed E-state index contributed by atoms with van der Waals surface area (Å²) in [5.74, 6) is 5.69. The monoisotopic (exact) mass is 306 g/mol. The standard InChI is InChI=1S/C15H22N4OS/c1-18-7-8-19(2)13(11-18)10-17-15(20)14-12(4-3-6-16)5-9-21-14/h5,9,13H,6-8,10-11,16H2,1-2H3,(H,17,20). The van der Waals surface area contributed by atoms with Gasteiger partial charge in [-0.3, -0.25) is 9.69 Å². The number of thiophene rings is 1.